The number of nitrogens with zero attached hydrogens (tertiary/aromatic N) is 1. The summed E-state index contributed by atoms with van der Waals surface area (Å²) in [6.07, 6.45) is 1.57. The molecular formula is C14H12BrClN2O2. The van der Waals surface area contributed by atoms with Crippen molar-refractivity contribution < 1.29 is 9.53 Å². The third-order valence-corrected chi connectivity index (χ3v) is 3.15. The Morgan fingerprint density at radius 2 is 2.20 bits per heavy atom. The van der Waals surface area contributed by atoms with E-state index >= 15 is 0 Å². The number of ether oxygens (including phenoxy) is 1. The molecule has 1 aromatic carbocycles. The molecule has 20 heavy (non-hydrogen) atoms. The van der Waals surface area contributed by atoms with Crippen LogP contribution in [-0.2, 0) is 0 Å². The third kappa shape index (κ3) is 3.71. The summed E-state index contributed by atoms with van der Waals surface area (Å²) in [6.45, 7) is 2.37. The minimum absolute atomic E-state index is 0.315. The SMILES string of the molecule is CCOc1ccc(Cl)cc1NC(=O)c1ccc(Br)cn1. The second kappa shape index (κ2) is 6.72. The molecule has 0 bridgehead atoms. The molecule has 0 saturated heterocycles. The molecule has 0 radical (unpaired) electrons. The maximum Gasteiger partial charge on any atom is 0.274 e. The lowest BCUT2D eigenvalue weighted by atomic mass is 10.2. The fourth-order valence-corrected chi connectivity index (χ4v) is 1.98. The van der Waals surface area contributed by atoms with Gasteiger partial charge < -0.3 is 10.1 Å². The number of nitrogens with one attached hydrogen (secondary N) is 1. The molecule has 1 N–H and O–H groups in total. The molecule has 6 heteroatoms. The first-order valence-corrected chi connectivity index (χ1v) is 7.12. The van der Waals surface area contributed by atoms with Crippen molar-refractivity contribution in [1.29, 1.82) is 0 Å². The lowest BCUT2D eigenvalue weighted by Gasteiger charge is -2.11. The largest absolute Gasteiger partial charge is 0.492 e. The fraction of sp³-hybridized carbons (Fsp3) is 0.143. The molecule has 0 spiro atoms. The number of anilines is 1. The van der Waals surface area contributed by atoms with E-state index in [1.54, 1.807) is 36.5 Å². The van der Waals surface area contributed by atoms with Crippen LogP contribution in [-0.4, -0.2) is 17.5 Å². The van der Waals surface area contributed by atoms with Crippen LogP contribution in [0.1, 0.15) is 17.4 Å². The first kappa shape index (κ1) is 14.8. The molecule has 0 aliphatic rings. The number of aromatic nitrogens is 1. The summed E-state index contributed by atoms with van der Waals surface area (Å²) in [6, 6.07) is 8.45. The van der Waals surface area contributed by atoms with E-state index < -0.39 is 0 Å². The zero-order valence-corrected chi connectivity index (χ0v) is 13.0. The molecule has 1 heterocycles. The van der Waals surface area contributed by atoms with Crippen LogP contribution < -0.4 is 10.1 Å². The average molecular weight is 356 g/mol. The van der Waals surface area contributed by atoms with Gasteiger partial charge in [0.1, 0.15) is 11.4 Å². The number of benzene rings is 1. The van der Waals surface area contributed by atoms with Crippen LogP contribution >= 0.6 is 27.5 Å². The molecule has 1 amide bonds. The molecule has 0 fully saturated rings. The summed E-state index contributed by atoms with van der Waals surface area (Å²) < 4.78 is 6.26. The Bertz CT molecular complexity index is 617. The number of halogens is 2. The number of hydrogen-bond donors (Lipinski definition) is 1. The van der Waals surface area contributed by atoms with Gasteiger partial charge in [-0.15, -0.1) is 0 Å². The minimum atomic E-state index is -0.319. The van der Waals surface area contributed by atoms with Crippen LogP contribution in [0.25, 0.3) is 0 Å². The molecule has 2 rings (SSSR count). The first-order valence-electron chi connectivity index (χ1n) is 5.95. The average Bonchev–Trinajstić information content (AvgIpc) is 2.42. The number of carbonyl (C=O) groups excluding carboxylic acids is 1. The normalized spacial score (nSPS) is 10.2. The van der Waals surface area contributed by atoms with Crippen molar-refractivity contribution >= 4 is 39.1 Å². The quantitative estimate of drug-likeness (QED) is 0.896. The van der Waals surface area contributed by atoms with E-state index in [0.29, 0.717) is 28.8 Å². The zero-order chi connectivity index (χ0) is 14.5. The van der Waals surface area contributed by atoms with Crippen LogP contribution in [0.5, 0.6) is 5.75 Å². The topological polar surface area (TPSA) is 51.2 Å². The molecule has 4 nitrogen and oxygen atoms in total. The zero-order valence-electron chi connectivity index (χ0n) is 10.7. The van der Waals surface area contributed by atoms with Crippen LogP contribution in [0.3, 0.4) is 0 Å². The summed E-state index contributed by atoms with van der Waals surface area (Å²) in [5.74, 6) is 0.253. The van der Waals surface area contributed by atoms with Gasteiger partial charge in [-0.25, -0.2) is 4.98 Å². The molecule has 0 saturated carbocycles. The van der Waals surface area contributed by atoms with Gasteiger partial charge in [-0.1, -0.05) is 11.6 Å². The minimum Gasteiger partial charge on any atom is -0.492 e. The van der Waals surface area contributed by atoms with E-state index in [0.717, 1.165) is 4.47 Å². The monoisotopic (exact) mass is 354 g/mol. The van der Waals surface area contributed by atoms with Gasteiger partial charge in [0, 0.05) is 15.7 Å². The van der Waals surface area contributed by atoms with E-state index in [4.69, 9.17) is 16.3 Å². The predicted octanol–water partition coefficient (Wildman–Crippen LogP) is 4.15. The molecule has 104 valence electrons. The number of amides is 1. The second-order valence-electron chi connectivity index (χ2n) is 3.89. The van der Waals surface area contributed by atoms with Crippen molar-refractivity contribution in [2.45, 2.75) is 6.92 Å². The number of rotatable bonds is 4. The van der Waals surface area contributed by atoms with Gasteiger partial charge >= 0.3 is 0 Å². The summed E-state index contributed by atoms with van der Waals surface area (Å²) in [5.41, 5.74) is 0.838. The van der Waals surface area contributed by atoms with E-state index in [1.165, 1.54) is 0 Å². The van der Waals surface area contributed by atoms with Crippen LogP contribution in [0.15, 0.2) is 41.0 Å². The molecule has 0 aliphatic heterocycles. The highest BCUT2D eigenvalue weighted by atomic mass is 79.9. The number of carbonyl (C=O) groups is 1. The summed E-state index contributed by atoms with van der Waals surface area (Å²) in [7, 11) is 0. The van der Waals surface area contributed by atoms with Gasteiger partial charge in [-0.05, 0) is 53.2 Å². The van der Waals surface area contributed by atoms with E-state index in [-0.39, 0.29) is 5.91 Å². The van der Waals surface area contributed by atoms with Crippen molar-refractivity contribution in [3.05, 3.63) is 51.7 Å². The summed E-state index contributed by atoms with van der Waals surface area (Å²) in [4.78, 5) is 16.1. The van der Waals surface area contributed by atoms with Crippen molar-refractivity contribution in [3.63, 3.8) is 0 Å². The highest BCUT2D eigenvalue weighted by Crippen LogP contribution is 2.28. The molecule has 1 aromatic heterocycles. The van der Waals surface area contributed by atoms with Gasteiger partial charge in [-0.2, -0.15) is 0 Å². The van der Waals surface area contributed by atoms with Gasteiger partial charge in [0.05, 0.1) is 12.3 Å². The third-order valence-electron chi connectivity index (χ3n) is 2.45. The maximum atomic E-state index is 12.1. The van der Waals surface area contributed by atoms with Gasteiger partial charge in [0.2, 0.25) is 0 Å². The second-order valence-corrected chi connectivity index (χ2v) is 5.24. The molecule has 2 aromatic rings. The Hall–Kier alpha value is -1.59. The van der Waals surface area contributed by atoms with Gasteiger partial charge in [0.15, 0.2) is 0 Å². The van der Waals surface area contributed by atoms with Crippen LogP contribution in [0.4, 0.5) is 5.69 Å². The highest BCUT2D eigenvalue weighted by Gasteiger charge is 2.11. The number of hydrogen-bond acceptors (Lipinski definition) is 3. The van der Waals surface area contributed by atoms with Crippen molar-refractivity contribution in [2.75, 3.05) is 11.9 Å². The molecule has 0 atom stereocenters. The Kier molecular flexibility index (Phi) is 4.98. The van der Waals surface area contributed by atoms with E-state index in [2.05, 4.69) is 26.2 Å². The Labute approximate surface area is 130 Å². The first-order chi connectivity index (χ1) is 9.60. The van der Waals surface area contributed by atoms with Crippen molar-refractivity contribution in [2.24, 2.45) is 0 Å². The Morgan fingerprint density at radius 3 is 2.85 bits per heavy atom. The fourth-order valence-electron chi connectivity index (χ4n) is 1.58. The lowest BCUT2D eigenvalue weighted by Crippen LogP contribution is -2.14. The summed E-state index contributed by atoms with van der Waals surface area (Å²) in [5, 5.41) is 3.27. The van der Waals surface area contributed by atoms with Crippen molar-refractivity contribution in [3.8, 4) is 5.75 Å². The molecule has 0 aliphatic carbocycles. The number of pyridine rings is 1. The van der Waals surface area contributed by atoms with E-state index in [1.807, 2.05) is 6.92 Å². The van der Waals surface area contributed by atoms with E-state index in [9.17, 15) is 4.79 Å². The standard InChI is InChI=1S/C14H12BrClN2O2/c1-2-20-13-6-4-10(16)7-12(13)18-14(19)11-5-3-9(15)8-17-11/h3-8H,2H2,1H3,(H,18,19). The highest BCUT2D eigenvalue weighted by molar-refractivity contribution is 9.10. The van der Waals surface area contributed by atoms with Gasteiger partial charge in [-0.3, -0.25) is 4.79 Å². The predicted molar refractivity (Wildman–Crippen MR) is 82.5 cm³/mol. The van der Waals surface area contributed by atoms with Crippen LogP contribution in [0, 0.1) is 0 Å². The Morgan fingerprint density at radius 1 is 1.40 bits per heavy atom. The van der Waals surface area contributed by atoms with Gasteiger partial charge in [0.25, 0.3) is 5.91 Å². The Balaban J connectivity index is 2.22. The maximum absolute atomic E-state index is 12.1. The van der Waals surface area contributed by atoms with Crippen LogP contribution in [0.2, 0.25) is 5.02 Å². The lowest BCUT2D eigenvalue weighted by molar-refractivity contribution is 0.102. The summed E-state index contributed by atoms with van der Waals surface area (Å²) >= 11 is 9.21. The molecular weight excluding hydrogens is 344 g/mol. The van der Waals surface area contributed by atoms with Crippen molar-refractivity contribution in [1.82, 2.24) is 4.98 Å². The smallest absolute Gasteiger partial charge is 0.274 e. The molecule has 0 unspecified atom stereocenters.